The molecule has 3 aliphatic rings. The van der Waals surface area contributed by atoms with Crippen molar-refractivity contribution in [3.63, 3.8) is 0 Å². The van der Waals surface area contributed by atoms with Crippen LogP contribution in [0.3, 0.4) is 0 Å². The Bertz CT molecular complexity index is 251. The highest BCUT2D eigenvalue weighted by Gasteiger charge is 2.38. The molecule has 2 bridgehead atoms. The van der Waals surface area contributed by atoms with Crippen molar-refractivity contribution in [1.82, 2.24) is 10.2 Å². The van der Waals surface area contributed by atoms with Gasteiger partial charge in [0.05, 0.1) is 0 Å². The van der Waals surface area contributed by atoms with Crippen LogP contribution in [0.2, 0.25) is 0 Å². The Morgan fingerprint density at radius 3 is 2.33 bits per heavy atom. The van der Waals surface area contributed by atoms with Gasteiger partial charge in [0.1, 0.15) is 0 Å². The largest absolute Gasteiger partial charge is 0.381 e. The average Bonchev–Trinajstić information content (AvgIpc) is 2.39. The molecule has 0 aromatic heterocycles. The molecule has 3 nitrogen and oxygen atoms in total. The summed E-state index contributed by atoms with van der Waals surface area (Å²) >= 11 is 0. The zero-order valence-corrected chi connectivity index (χ0v) is 11.7. The van der Waals surface area contributed by atoms with Crippen LogP contribution in [-0.2, 0) is 4.74 Å². The summed E-state index contributed by atoms with van der Waals surface area (Å²) in [7, 11) is 2.13. The molecule has 3 saturated heterocycles. The smallest absolute Gasteiger partial charge is 0.0469 e. The van der Waals surface area contributed by atoms with Gasteiger partial charge in [0.15, 0.2) is 0 Å². The summed E-state index contributed by atoms with van der Waals surface area (Å²) in [5.41, 5.74) is 0. The first-order chi connectivity index (χ1) is 8.86. The summed E-state index contributed by atoms with van der Waals surface area (Å²) in [6.07, 6.45) is 9.62. The second-order valence-corrected chi connectivity index (χ2v) is 6.45. The molecule has 0 saturated carbocycles. The van der Waals surface area contributed by atoms with Crippen molar-refractivity contribution in [3.8, 4) is 0 Å². The molecule has 0 radical (unpaired) electrons. The second-order valence-electron chi connectivity index (χ2n) is 6.45. The maximum atomic E-state index is 5.49. The van der Waals surface area contributed by atoms with E-state index in [0.29, 0.717) is 0 Å². The van der Waals surface area contributed by atoms with Crippen molar-refractivity contribution in [1.29, 1.82) is 0 Å². The molecule has 1 N–H and O–H groups in total. The average molecular weight is 252 g/mol. The van der Waals surface area contributed by atoms with E-state index in [1.54, 1.807) is 0 Å². The molecule has 0 aromatic carbocycles. The Balaban J connectivity index is 1.60. The maximum Gasteiger partial charge on any atom is 0.0469 e. The topological polar surface area (TPSA) is 24.5 Å². The predicted octanol–water partition coefficient (Wildman–Crippen LogP) is 2.02. The number of hydrogen-bond acceptors (Lipinski definition) is 3. The SMILES string of the molecule is CNC1CC2CCCC(C1)N2CC1CCOCC1. The molecule has 0 spiro atoms. The van der Waals surface area contributed by atoms with Crippen molar-refractivity contribution in [3.05, 3.63) is 0 Å². The molecule has 2 atom stereocenters. The quantitative estimate of drug-likeness (QED) is 0.831. The third-order valence-electron chi connectivity index (χ3n) is 5.34. The van der Waals surface area contributed by atoms with Crippen LogP contribution in [0.5, 0.6) is 0 Å². The Morgan fingerprint density at radius 1 is 1.06 bits per heavy atom. The number of ether oxygens (including phenoxy) is 1. The fourth-order valence-electron chi connectivity index (χ4n) is 4.24. The fourth-order valence-corrected chi connectivity index (χ4v) is 4.24. The molecule has 3 aliphatic heterocycles. The Kier molecular flexibility index (Phi) is 4.22. The van der Waals surface area contributed by atoms with Crippen LogP contribution in [0.4, 0.5) is 0 Å². The summed E-state index contributed by atoms with van der Waals surface area (Å²) in [4.78, 5) is 2.87. The van der Waals surface area contributed by atoms with Gasteiger partial charge in [-0.1, -0.05) is 6.42 Å². The molecule has 3 heterocycles. The minimum absolute atomic E-state index is 0.770. The summed E-state index contributed by atoms with van der Waals surface area (Å²) in [6.45, 7) is 3.33. The monoisotopic (exact) mass is 252 g/mol. The van der Waals surface area contributed by atoms with Crippen LogP contribution >= 0.6 is 0 Å². The van der Waals surface area contributed by atoms with Gasteiger partial charge in [-0.2, -0.15) is 0 Å². The standard InChI is InChI=1S/C15H28N2O/c1-16-13-9-14-3-2-4-15(10-13)17(14)11-12-5-7-18-8-6-12/h12-16H,2-11H2,1H3. The van der Waals surface area contributed by atoms with E-state index in [9.17, 15) is 0 Å². The number of rotatable bonds is 3. The molecule has 18 heavy (non-hydrogen) atoms. The van der Waals surface area contributed by atoms with Crippen LogP contribution in [0.25, 0.3) is 0 Å². The van der Waals surface area contributed by atoms with E-state index in [0.717, 1.165) is 37.3 Å². The van der Waals surface area contributed by atoms with Crippen molar-refractivity contribution < 1.29 is 4.74 Å². The summed E-state index contributed by atoms with van der Waals surface area (Å²) < 4.78 is 5.49. The summed E-state index contributed by atoms with van der Waals surface area (Å²) in [5, 5.41) is 3.51. The second kappa shape index (κ2) is 5.89. The molecule has 3 heteroatoms. The minimum Gasteiger partial charge on any atom is -0.381 e. The Hall–Kier alpha value is -0.120. The highest BCUT2D eigenvalue weighted by molar-refractivity contribution is 4.95. The van der Waals surface area contributed by atoms with Crippen molar-refractivity contribution in [2.24, 2.45) is 5.92 Å². The van der Waals surface area contributed by atoms with E-state index in [1.807, 2.05) is 0 Å². The normalized spacial score (nSPS) is 38.8. The predicted molar refractivity (Wildman–Crippen MR) is 73.8 cm³/mol. The molecule has 3 fully saturated rings. The zero-order chi connectivity index (χ0) is 12.4. The van der Waals surface area contributed by atoms with Crippen molar-refractivity contribution >= 4 is 0 Å². The lowest BCUT2D eigenvalue weighted by Crippen LogP contribution is -2.57. The molecular weight excluding hydrogens is 224 g/mol. The van der Waals surface area contributed by atoms with Gasteiger partial charge in [0, 0.05) is 37.9 Å². The van der Waals surface area contributed by atoms with E-state index < -0.39 is 0 Å². The summed E-state index contributed by atoms with van der Waals surface area (Å²) in [5.74, 6) is 0.896. The van der Waals surface area contributed by atoms with Gasteiger partial charge < -0.3 is 10.1 Å². The Labute approximate surface area is 111 Å². The maximum absolute atomic E-state index is 5.49. The van der Waals surface area contributed by atoms with Crippen LogP contribution in [0.1, 0.15) is 44.9 Å². The fraction of sp³-hybridized carbons (Fsp3) is 1.00. The van der Waals surface area contributed by atoms with Crippen LogP contribution in [0.15, 0.2) is 0 Å². The Morgan fingerprint density at radius 2 is 1.72 bits per heavy atom. The van der Waals surface area contributed by atoms with Crippen LogP contribution in [-0.4, -0.2) is 49.8 Å². The first kappa shape index (κ1) is 12.9. The van der Waals surface area contributed by atoms with Gasteiger partial charge in [-0.05, 0) is 51.5 Å². The van der Waals surface area contributed by atoms with Gasteiger partial charge in [0.2, 0.25) is 0 Å². The van der Waals surface area contributed by atoms with E-state index in [1.165, 1.54) is 51.5 Å². The number of piperidine rings is 2. The summed E-state index contributed by atoms with van der Waals surface area (Å²) in [6, 6.07) is 2.49. The van der Waals surface area contributed by atoms with E-state index in [4.69, 9.17) is 4.74 Å². The van der Waals surface area contributed by atoms with Crippen LogP contribution in [0, 0.1) is 5.92 Å². The van der Waals surface area contributed by atoms with E-state index >= 15 is 0 Å². The number of nitrogens with zero attached hydrogens (tertiary/aromatic N) is 1. The lowest BCUT2D eigenvalue weighted by atomic mass is 9.80. The van der Waals surface area contributed by atoms with Gasteiger partial charge in [-0.3, -0.25) is 4.90 Å². The van der Waals surface area contributed by atoms with Crippen LogP contribution < -0.4 is 5.32 Å². The van der Waals surface area contributed by atoms with Crippen molar-refractivity contribution in [2.75, 3.05) is 26.8 Å². The van der Waals surface area contributed by atoms with Gasteiger partial charge >= 0.3 is 0 Å². The van der Waals surface area contributed by atoms with Crippen molar-refractivity contribution in [2.45, 2.75) is 63.1 Å². The van der Waals surface area contributed by atoms with E-state index in [2.05, 4.69) is 17.3 Å². The van der Waals surface area contributed by atoms with Gasteiger partial charge in [-0.15, -0.1) is 0 Å². The molecule has 0 aliphatic carbocycles. The van der Waals surface area contributed by atoms with Gasteiger partial charge in [-0.25, -0.2) is 0 Å². The lowest BCUT2D eigenvalue weighted by molar-refractivity contribution is -0.00980. The number of fused-ring (bicyclic) bond motifs is 2. The molecular formula is C15H28N2O. The lowest BCUT2D eigenvalue weighted by Gasteiger charge is -2.50. The molecule has 2 unspecified atom stereocenters. The third-order valence-corrected chi connectivity index (χ3v) is 5.34. The number of nitrogens with one attached hydrogen (secondary N) is 1. The van der Waals surface area contributed by atoms with E-state index in [-0.39, 0.29) is 0 Å². The first-order valence-corrected chi connectivity index (χ1v) is 7.87. The van der Waals surface area contributed by atoms with Gasteiger partial charge in [0.25, 0.3) is 0 Å². The zero-order valence-electron chi connectivity index (χ0n) is 11.7. The molecule has 3 rings (SSSR count). The highest BCUT2D eigenvalue weighted by Crippen LogP contribution is 2.35. The molecule has 0 amide bonds. The number of hydrogen-bond donors (Lipinski definition) is 1. The molecule has 104 valence electrons. The molecule has 0 aromatic rings. The highest BCUT2D eigenvalue weighted by atomic mass is 16.5. The first-order valence-electron chi connectivity index (χ1n) is 7.87. The third kappa shape index (κ3) is 2.73. The minimum atomic E-state index is 0.770.